The number of likely N-dealkylation sites (tertiary alicyclic amines) is 1. The third-order valence-electron chi connectivity index (χ3n) is 8.01. The Morgan fingerprint density at radius 3 is 2.46 bits per heavy atom. The minimum absolute atomic E-state index is 0.0252. The molecule has 0 spiro atoms. The fraction of sp³-hybridized carbons (Fsp3) is 0.379. The van der Waals surface area contributed by atoms with Crippen molar-refractivity contribution in [3.63, 3.8) is 0 Å². The van der Waals surface area contributed by atoms with Crippen molar-refractivity contribution in [3.05, 3.63) is 86.4 Å². The number of Topliss-reactive ketones (excluding diaryl/α,β-unsaturated/α-hetero) is 1. The van der Waals surface area contributed by atoms with E-state index in [1.807, 2.05) is 0 Å². The Morgan fingerprint density at radius 2 is 1.83 bits per heavy atom. The lowest BCUT2D eigenvalue weighted by atomic mass is 9.84. The largest absolute Gasteiger partial charge is 0.417 e. The number of aryl methyl sites for hydroxylation is 1. The van der Waals surface area contributed by atoms with E-state index in [9.17, 15) is 27.6 Å². The molecule has 0 saturated carbocycles. The predicted octanol–water partition coefficient (Wildman–Crippen LogP) is 6.04. The van der Waals surface area contributed by atoms with Crippen LogP contribution in [0.25, 0.3) is 0 Å². The van der Waals surface area contributed by atoms with Crippen LogP contribution in [0.15, 0.2) is 42.6 Å². The molecule has 0 N–H and O–H groups in total. The Labute approximate surface area is 244 Å². The number of rotatable bonds is 4. The molecule has 7 nitrogen and oxygen atoms in total. The van der Waals surface area contributed by atoms with Crippen LogP contribution >= 0.6 is 23.2 Å². The van der Waals surface area contributed by atoms with Crippen molar-refractivity contribution >= 4 is 40.8 Å². The first-order valence-corrected chi connectivity index (χ1v) is 13.9. The van der Waals surface area contributed by atoms with E-state index in [1.165, 1.54) is 4.90 Å². The molecule has 1 fully saturated rings. The van der Waals surface area contributed by atoms with Crippen molar-refractivity contribution < 1.29 is 27.6 Å². The lowest BCUT2D eigenvalue weighted by molar-refractivity contribution is -0.137. The molecule has 2 atom stereocenters. The minimum Gasteiger partial charge on any atom is -0.337 e. The lowest BCUT2D eigenvalue weighted by Gasteiger charge is -2.43. The molecule has 1 saturated heterocycles. The Morgan fingerprint density at radius 1 is 1.07 bits per heavy atom. The summed E-state index contributed by atoms with van der Waals surface area (Å²) < 4.78 is 40.7. The normalized spacial score (nSPS) is 19.2. The van der Waals surface area contributed by atoms with Crippen LogP contribution in [0.2, 0.25) is 10.0 Å². The summed E-state index contributed by atoms with van der Waals surface area (Å²) in [5.41, 5.74) is 1.56. The van der Waals surface area contributed by atoms with Gasteiger partial charge in [-0.1, -0.05) is 29.3 Å². The average molecular weight is 607 g/mol. The number of carbonyl (C=O) groups is 3. The molecule has 216 valence electrons. The Kier molecular flexibility index (Phi) is 7.91. The number of fused-ring (bicyclic) bond motifs is 1. The maximum atomic E-state index is 13.8. The molecule has 0 unspecified atom stereocenters. The SMILES string of the molecule is CN(C(=O)c1ccc(C(F)(F)F)cn1)[C@@H]1CCN(C(=O)c2cc3c(n2C)C(=O)CCC3)C[C@H]1c1ccc(Cl)c(Cl)c1. The highest BCUT2D eigenvalue weighted by molar-refractivity contribution is 6.42. The van der Waals surface area contributed by atoms with Crippen LogP contribution in [-0.2, 0) is 19.6 Å². The van der Waals surface area contributed by atoms with E-state index in [2.05, 4.69) is 4.98 Å². The van der Waals surface area contributed by atoms with Gasteiger partial charge in [-0.05, 0) is 60.7 Å². The Balaban J connectivity index is 1.43. The van der Waals surface area contributed by atoms with E-state index in [4.69, 9.17) is 23.2 Å². The summed E-state index contributed by atoms with van der Waals surface area (Å²) >= 11 is 12.5. The molecule has 0 bridgehead atoms. The van der Waals surface area contributed by atoms with Crippen LogP contribution in [0, 0.1) is 0 Å². The number of carbonyl (C=O) groups excluding carboxylic acids is 3. The number of nitrogens with zero attached hydrogens (tertiary/aromatic N) is 4. The molecular weight excluding hydrogens is 580 g/mol. The van der Waals surface area contributed by atoms with Gasteiger partial charge in [0, 0.05) is 51.8 Å². The summed E-state index contributed by atoms with van der Waals surface area (Å²) in [7, 11) is 3.30. The number of ketones is 1. The number of piperidine rings is 1. The first kappa shape index (κ1) is 29.1. The first-order chi connectivity index (χ1) is 19.4. The number of hydrogen-bond donors (Lipinski definition) is 0. The monoisotopic (exact) mass is 606 g/mol. The first-order valence-electron chi connectivity index (χ1n) is 13.1. The molecule has 12 heteroatoms. The van der Waals surface area contributed by atoms with Gasteiger partial charge in [-0.25, -0.2) is 0 Å². The van der Waals surface area contributed by atoms with Crippen molar-refractivity contribution in [1.29, 1.82) is 0 Å². The third-order valence-corrected chi connectivity index (χ3v) is 8.75. The quantitative estimate of drug-likeness (QED) is 0.363. The zero-order valence-electron chi connectivity index (χ0n) is 22.3. The van der Waals surface area contributed by atoms with Gasteiger partial charge in [-0.3, -0.25) is 19.4 Å². The number of amides is 2. The van der Waals surface area contributed by atoms with Gasteiger partial charge in [0.15, 0.2) is 5.78 Å². The summed E-state index contributed by atoms with van der Waals surface area (Å²) in [4.78, 5) is 46.5. The lowest BCUT2D eigenvalue weighted by Crippen LogP contribution is -2.52. The summed E-state index contributed by atoms with van der Waals surface area (Å²) in [6, 6.07) is 8.39. The highest BCUT2D eigenvalue weighted by Crippen LogP contribution is 2.36. The molecular formula is C29H27Cl2F3N4O3. The zero-order chi connectivity index (χ0) is 29.6. The minimum atomic E-state index is -4.57. The summed E-state index contributed by atoms with van der Waals surface area (Å²) in [6.07, 6.45) is -1.59. The van der Waals surface area contributed by atoms with E-state index >= 15 is 0 Å². The predicted molar refractivity (Wildman–Crippen MR) is 148 cm³/mol. The molecule has 1 aromatic carbocycles. The molecule has 3 aromatic rings. The highest BCUT2D eigenvalue weighted by atomic mass is 35.5. The second kappa shape index (κ2) is 11.1. The molecule has 2 aliphatic rings. The number of hydrogen-bond acceptors (Lipinski definition) is 4. The number of pyridine rings is 1. The maximum Gasteiger partial charge on any atom is 0.417 e. The second-order valence-corrected chi connectivity index (χ2v) is 11.3. The van der Waals surface area contributed by atoms with Crippen LogP contribution in [0.3, 0.4) is 0 Å². The van der Waals surface area contributed by atoms with E-state index in [0.29, 0.717) is 47.0 Å². The summed E-state index contributed by atoms with van der Waals surface area (Å²) in [6.45, 7) is 0.562. The Hall–Kier alpha value is -3.37. The van der Waals surface area contributed by atoms with Crippen LogP contribution in [0.4, 0.5) is 13.2 Å². The van der Waals surface area contributed by atoms with Gasteiger partial charge in [-0.15, -0.1) is 0 Å². The second-order valence-electron chi connectivity index (χ2n) is 10.5. The summed E-state index contributed by atoms with van der Waals surface area (Å²) in [5, 5.41) is 0.673. The van der Waals surface area contributed by atoms with E-state index in [0.717, 1.165) is 36.1 Å². The smallest absolute Gasteiger partial charge is 0.337 e. The number of aromatic nitrogens is 2. The van der Waals surface area contributed by atoms with E-state index in [1.54, 1.807) is 47.8 Å². The number of benzene rings is 1. The topological polar surface area (TPSA) is 75.5 Å². The Bertz CT molecular complexity index is 1520. The maximum absolute atomic E-state index is 13.8. The number of alkyl halides is 3. The van der Waals surface area contributed by atoms with Crippen molar-refractivity contribution in [1.82, 2.24) is 19.4 Å². The highest BCUT2D eigenvalue weighted by Gasteiger charge is 2.39. The fourth-order valence-electron chi connectivity index (χ4n) is 5.83. The molecule has 2 aromatic heterocycles. The molecule has 1 aliphatic heterocycles. The standard InChI is InChI=1S/C29H27Cl2F3N4O3/c1-36-24(13-17-4-3-5-25(39)26(17)36)28(41)38-11-10-23(19(15-38)16-6-8-20(30)21(31)12-16)37(2)27(40)22-9-7-18(14-35-22)29(32,33)34/h6-9,12-14,19,23H,3-5,10-11,15H2,1-2H3/t19-,23+/m0/s1. The van der Waals surface area contributed by atoms with E-state index < -0.39 is 23.7 Å². The van der Waals surface area contributed by atoms with Crippen molar-refractivity contribution in [3.8, 4) is 0 Å². The molecule has 41 heavy (non-hydrogen) atoms. The van der Waals surface area contributed by atoms with Crippen molar-refractivity contribution in [2.75, 3.05) is 20.1 Å². The molecule has 5 rings (SSSR count). The number of halogens is 5. The van der Waals surface area contributed by atoms with Gasteiger partial charge in [0.25, 0.3) is 11.8 Å². The van der Waals surface area contributed by atoms with Gasteiger partial charge >= 0.3 is 6.18 Å². The molecule has 3 heterocycles. The van der Waals surface area contributed by atoms with Gasteiger partial charge in [0.05, 0.1) is 21.3 Å². The fourth-order valence-corrected chi connectivity index (χ4v) is 6.13. The van der Waals surface area contributed by atoms with Gasteiger partial charge < -0.3 is 14.4 Å². The molecule has 1 aliphatic carbocycles. The van der Waals surface area contributed by atoms with Crippen LogP contribution < -0.4 is 0 Å². The third kappa shape index (κ3) is 5.59. The van der Waals surface area contributed by atoms with Crippen LogP contribution in [0.5, 0.6) is 0 Å². The van der Waals surface area contributed by atoms with Crippen molar-refractivity contribution in [2.24, 2.45) is 7.05 Å². The van der Waals surface area contributed by atoms with Crippen molar-refractivity contribution in [2.45, 2.75) is 43.8 Å². The van der Waals surface area contributed by atoms with Crippen LogP contribution in [0.1, 0.15) is 73.3 Å². The number of likely N-dealkylation sites (N-methyl/N-ethyl adjacent to an activating group) is 1. The average Bonchev–Trinajstić information content (AvgIpc) is 3.30. The van der Waals surface area contributed by atoms with E-state index in [-0.39, 0.29) is 29.8 Å². The van der Waals surface area contributed by atoms with Crippen LogP contribution in [-0.4, -0.2) is 63.1 Å². The van der Waals surface area contributed by atoms with Gasteiger partial charge in [-0.2, -0.15) is 13.2 Å². The summed E-state index contributed by atoms with van der Waals surface area (Å²) in [5.74, 6) is -1.13. The molecule has 0 radical (unpaired) electrons. The molecule has 2 amide bonds. The zero-order valence-corrected chi connectivity index (χ0v) is 23.9. The van der Waals surface area contributed by atoms with Gasteiger partial charge in [0.2, 0.25) is 0 Å². The van der Waals surface area contributed by atoms with Gasteiger partial charge in [0.1, 0.15) is 11.4 Å².